The number of aromatic nitrogens is 4. The van der Waals surface area contributed by atoms with Crippen LogP contribution in [-0.4, -0.2) is 51.0 Å². The second kappa shape index (κ2) is 7.77. The number of nitrogens with two attached hydrogens (primary N) is 1. The summed E-state index contributed by atoms with van der Waals surface area (Å²) in [5.41, 5.74) is 9.03. The van der Waals surface area contributed by atoms with Gasteiger partial charge in [0, 0.05) is 25.4 Å². The topological polar surface area (TPSA) is 123 Å². The summed E-state index contributed by atoms with van der Waals surface area (Å²) in [6.07, 6.45) is 2.73. The quantitative estimate of drug-likeness (QED) is 0.461. The number of fused-ring (bicyclic) bond motifs is 1. The van der Waals surface area contributed by atoms with E-state index in [9.17, 15) is 0 Å². The molecule has 1 unspecified atom stereocenters. The Morgan fingerprint density at radius 3 is 2.81 bits per heavy atom. The first kappa shape index (κ1) is 17.5. The number of nitrogen functional groups attached to an aromatic ring is 1. The van der Waals surface area contributed by atoms with Crippen LogP contribution in [0, 0.1) is 0 Å². The van der Waals surface area contributed by atoms with Gasteiger partial charge < -0.3 is 30.8 Å². The summed E-state index contributed by atoms with van der Waals surface area (Å²) in [5, 5.41) is 15.5. The molecule has 27 heavy (non-hydrogen) atoms. The minimum atomic E-state index is 0.00528. The predicted molar refractivity (Wildman–Crippen MR) is 104 cm³/mol. The number of benzene rings is 1. The summed E-state index contributed by atoms with van der Waals surface area (Å²) < 4.78 is 7.55. The van der Waals surface area contributed by atoms with Gasteiger partial charge in [-0.1, -0.05) is 12.1 Å². The number of aliphatic hydroxyl groups excluding tert-OH is 1. The molecular weight excluding hydrogens is 346 g/mol. The van der Waals surface area contributed by atoms with Crippen LogP contribution in [0.2, 0.25) is 0 Å². The van der Waals surface area contributed by atoms with E-state index in [1.807, 2.05) is 28.8 Å². The molecule has 1 saturated heterocycles. The van der Waals surface area contributed by atoms with Crippen molar-refractivity contribution < 1.29 is 9.84 Å². The first-order valence-corrected chi connectivity index (χ1v) is 9.00. The van der Waals surface area contributed by atoms with E-state index in [0.717, 1.165) is 29.9 Å². The summed E-state index contributed by atoms with van der Waals surface area (Å²) >= 11 is 0. The number of rotatable bonds is 7. The highest BCUT2D eigenvalue weighted by Crippen LogP contribution is 2.27. The Morgan fingerprint density at radius 1 is 1.22 bits per heavy atom. The van der Waals surface area contributed by atoms with E-state index in [2.05, 4.69) is 25.6 Å². The number of nitrogens with one attached hydrogen (secondary N) is 2. The van der Waals surface area contributed by atoms with Crippen molar-refractivity contribution in [2.24, 2.45) is 0 Å². The molecule has 4 rings (SSSR count). The first-order chi connectivity index (χ1) is 13.2. The molecule has 5 N–H and O–H groups in total. The molecule has 2 aromatic heterocycles. The molecule has 3 heterocycles. The van der Waals surface area contributed by atoms with Crippen LogP contribution in [0.1, 0.15) is 18.0 Å². The van der Waals surface area contributed by atoms with Gasteiger partial charge in [-0.15, -0.1) is 0 Å². The van der Waals surface area contributed by atoms with Crippen molar-refractivity contribution in [1.29, 1.82) is 0 Å². The van der Waals surface area contributed by atoms with Crippen LogP contribution in [0.4, 0.5) is 17.5 Å². The fraction of sp³-hybridized carbons (Fsp3) is 0.389. The van der Waals surface area contributed by atoms with Crippen LogP contribution in [-0.2, 0) is 11.3 Å². The maximum atomic E-state index is 9.09. The van der Waals surface area contributed by atoms with Gasteiger partial charge in [0.15, 0.2) is 17.0 Å². The maximum Gasteiger partial charge on any atom is 0.226 e. The summed E-state index contributed by atoms with van der Waals surface area (Å²) in [7, 11) is 0. The van der Waals surface area contributed by atoms with Crippen LogP contribution in [0.15, 0.2) is 30.6 Å². The molecule has 1 aliphatic heterocycles. The Balaban J connectivity index is 1.65. The SMILES string of the molecule is Nc1ccc(CNc2nc(NCCO)nc3c2ncn3C2CCOC2)cc1. The molecule has 0 amide bonds. The van der Waals surface area contributed by atoms with E-state index in [1.165, 1.54) is 0 Å². The predicted octanol–water partition coefficient (Wildman–Crippen LogP) is 1.39. The van der Waals surface area contributed by atoms with E-state index >= 15 is 0 Å². The van der Waals surface area contributed by atoms with Crippen LogP contribution in [0.5, 0.6) is 0 Å². The third kappa shape index (κ3) is 3.79. The Morgan fingerprint density at radius 2 is 2.07 bits per heavy atom. The molecule has 3 aromatic rings. The van der Waals surface area contributed by atoms with Crippen molar-refractivity contribution in [3.8, 4) is 0 Å². The van der Waals surface area contributed by atoms with Gasteiger partial charge in [-0.05, 0) is 24.1 Å². The minimum Gasteiger partial charge on any atom is -0.399 e. The lowest BCUT2D eigenvalue weighted by molar-refractivity contribution is 0.187. The molecule has 0 saturated carbocycles. The molecule has 0 radical (unpaired) electrons. The molecule has 9 heteroatoms. The van der Waals surface area contributed by atoms with Crippen molar-refractivity contribution in [2.45, 2.75) is 19.0 Å². The number of imidazole rings is 1. The van der Waals surface area contributed by atoms with Gasteiger partial charge in [-0.25, -0.2) is 4.98 Å². The van der Waals surface area contributed by atoms with Gasteiger partial charge in [0.05, 0.1) is 25.6 Å². The standard InChI is InChI=1S/C18H23N7O2/c19-13-3-1-12(2-4-13)9-21-16-15-17(24-18(23-16)20-6-7-26)25(11-22-15)14-5-8-27-10-14/h1-4,11,14,26H,5-10,19H2,(H2,20,21,23,24). The average molecular weight is 369 g/mol. The fourth-order valence-electron chi connectivity index (χ4n) is 3.12. The van der Waals surface area contributed by atoms with Crippen LogP contribution in [0.25, 0.3) is 11.2 Å². The summed E-state index contributed by atoms with van der Waals surface area (Å²) in [4.78, 5) is 13.7. The Kier molecular flexibility index (Phi) is 5.03. The number of aliphatic hydroxyl groups is 1. The lowest BCUT2D eigenvalue weighted by Crippen LogP contribution is -2.13. The Bertz CT molecular complexity index is 904. The molecule has 142 valence electrons. The maximum absolute atomic E-state index is 9.09. The number of ether oxygens (including phenoxy) is 1. The van der Waals surface area contributed by atoms with Crippen LogP contribution >= 0.6 is 0 Å². The van der Waals surface area contributed by atoms with Gasteiger partial charge in [0.1, 0.15) is 0 Å². The second-order valence-electron chi connectivity index (χ2n) is 6.48. The van der Waals surface area contributed by atoms with Crippen LogP contribution in [0.3, 0.4) is 0 Å². The zero-order chi connectivity index (χ0) is 18.6. The molecule has 0 bridgehead atoms. The third-order valence-electron chi connectivity index (χ3n) is 4.56. The van der Waals surface area contributed by atoms with Gasteiger partial charge in [-0.3, -0.25) is 0 Å². The summed E-state index contributed by atoms with van der Waals surface area (Å²) in [5.74, 6) is 1.10. The largest absolute Gasteiger partial charge is 0.399 e. The van der Waals surface area contributed by atoms with Crippen molar-refractivity contribution in [2.75, 3.05) is 42.7 Å². The molecule has 1 fully saturated rings. The lowest BCUT2D eigenvalue weighted by atomic mass is 10.2. The van der Waals surface area contributed by atoms with E-state index in [4.69, 9.17) is 15.6 Å². The normalized spacial score (nSPS) is 16.7. The molecule has 1 atom stereocenters. The van der Waals surface area contributed by atoms with Gasteiger partial charge in [0.25, 0.3) is 0 Å². The fourth-order valence-corrected chi connectivity index (χ4v) is 3.12. The van der Waals surface area contributed by atoms with Gasteiger partial charge in [0.2, 0.25) is 5.95 Å². The first-order valence-electron chi connectivity index (χ1n) is 9.00. The van der Waals surface area contributed by atoms with E-state index in [1.54, 1.807) is 6.33 Å². The average Bonchev–Trinajstić information content (AvgIpc) is 3.35. The molecule has 9 nitrogen and oxygen atoms in total. The van der Waals surface area contributed by atoms with Crippen LogP contribution < -0.4 is 16.4 Å². The van der Waals surface area contributed by atoms with Gasteiger partial charge in [-0.2, -0.15) is 9.97 Å². The van der Waals surface area contributed by atoms with Crippen molar-refractivity contribution in [1.82, 2.24) is 19.5 Å². The highest BCUT2D eigenvalue weighted by atomic mass is 16.5. The van der Waals surface area contributed by atoms with E-state index in [0.29, 0.717) is 37.0 Å². The number of hydrogen-bond donors (Lipinski definition) is 4. The molecule has 0 spiro atoms. The summed E-state index contributed by atoms with van der Waals surface area (Å²) in [6.45, 7) is 2.37. The highest BCUT2D eigenvalue weighted by Gasteiger charge is 2.22. The smallest absolute Gasteiger partial charge is 0.226 e. The molecule has 1 aromatic carbocycles. The minimum absolute atomic E-state index is 0.00528. The monoisotopic (exact) mass is 369 g/mol. The van der Waals surface area contributed by atoms with Crippen molar-refractivity contribution >= 4 is 28.6 Å². The number of anilines is 3. The third-order valence-corrected chi connectivity index (χ3v) is 4.56. The summed E-state index contributed by atoms with van der Waals surface area (Å²) in [6, 6.07) is 7.91. The second-order valence-corrected chi connectivity index (χ2v) is 6.48. The van der Waals surface area contributed by atoms with Crippen molar-refractivity contribution in [3.05, 3.63) is 36.2 Å². The molecular formula is C18H23N7O2. The Hall–Kier alpha value is -2.91. The zero-order valence-corrected chi connectivity index (χ0v) is 14.9. The Labute approximate surface area is 156 Å². The molecule has 0 aliphatic carbocycles. The van der Waals surface area contributed by atoms with E-state index in [-0.39, 0.29) is 12.6 Å². The number of nitrogens with zero attached hydrogens (tertiary/aromatic N) is 4. The number of hydrogen-bond acceptors (Lipinski definition) is 8. The zero-order valence-electron chi connectivity index (χ0n) is 14.9. The highest BCUT2D eigenvalue weighted by molar-refractivity contribution is 5.84. The van der Waals surface area contributed by atoms with Crippen molar-refractivity contribution in [3.63, 3.8) is 0 Å². The molecule has 1 aliphatic rings. The van der Waals surface area contributed by atoms with E-state index < -0.39 is 0 Å². The lowest BCUT2D eigenvalue weighted by Gasteiger charge is -2.13. The van der Waals surface area contributed by atoms with Gasteiger partial charge >= 0.3 is 0 Å².